The highest BCUT2D eigenvalue weighted by atomic mass is 19.4. The van der Waals surface area contributed by atoms with Crippen molar-refractivity contribution in [1.29, 1.82) is 0 Å². The summed E-state index contributed by atoms with van der Waals surface area (Å²) in [5, 5.41) is 4.41. The molecule has 0 atom stereocenters. The van der Waals surface area contributed by atoms with E-state index in [1.54, 1.807) is 26.0 Å². The summed E-state index contributed by atoms with van der Waals surface area (Å²) in [5.41, 5.74) is 8.54. The molecule has 1 aromatic carbocycles. The maximum absolute atomic E-state index is 13.0. The molecule has 4 nitrogen and oxygen atoms in total. The van der Waals surface area contributed by atoms with Crippen molar-refractivity contribution in [1.82, 2.24) is 9.78 Å². The maximum atomic E-state index is 13.0. The molecule has 0 radical (unpaired) electrons. The summed E-state index contributed by atoms with van der Waals surface area (Å²) in [5.74, 6) is 0. The number of hydrogen-bond acceptors (Lipinski definition) is 3. The first kappa shape index (κ1) is 24.0. The average Bonchev–Trinajstić information content (AvgIpc) is 3.34. The van der Waals surface area contributed by atoms with Crippen LogP contribution in [0.25, 0.3) is 5.57 Å². The van der Waals surface area contributed by atoms with E-state index in [1.165, 1.54) is 17.7 Å². The number of allylic oxidation sites excluding steroid dienone is 6. The standard InChI is InChI=1S/C16H19F3N2.C9H11NO/c1-3-6-12(10-13(7-4-2)16(17,18)19)15-11-14-8-5-9-21(14)20-15;10-9(6-11-7-9)8-4-2-1-3-5-8/h3,6-7,10-11H,4-5,8-9H2,1-2H3;1-5H,6-7,10H2/b6-3-,12-10+,13-7-;. The topological polar surface area (TPSA) is 53.1 Å². The molecule has 0 bridgehead atoms. The first-order chi connectivity index (χ1) is 15.3. The number of alkyl halides is 3. The number of benzene rings is 1. The van der Waals surface area contributed by atoms with Crippen molar-refractivity contribution in [2.75, 3.05) is 13.2 Å². The summed E-state index contributed by atoms with van der Waals surface area (Å²) in [6.45, 7) is 5.62. The number of halogens is 3. The fraction of sp³-hybridized carbons (Fsp3) is 0.400. The predicted molar refractivity (Wildman–Crippen MR) is 121 cm³/mol. The predicted octanol–water partition coefficient (Wildman–Crippen LogP) is 5.56. The van der Waals surface area contributed by atoms with Gasteiger partial charge in [0.1, 0.15) is 0 Å². The maximum Gasteiger partial charge on any atom is 0.416 e. The molecular weight excluding hydrogens is 415 g/mol. The average molecular weight is 446 g/mol. The van der Waals surface area contributed by atoms with Crippen LogP contribution in [0.4, 0.5) is 13.2 Å². The Balaban J connectivity index is 0.000000219. The summed E-state index contributed by atoms with van der Waals surface area (Å²) < 4.78 is 46.0. The van der Waals surface area contributed by atoms with Crippen LogP contribution in [0, 0.1) is 0 Å². The quantitative estimate of drug-likeness (QED) is 0.613. The lowest BCUT2D eigenvalue weighted by Crippen LogP contribution is -2.54. The van der Waals surface area contributed by atoms with E-state index in [0.29, 0.717) is 30.9 Å². The highest BCUT2D eigenvalue weighted by molar-refractivity contribution is 5.74. The first-order valence-corrected chi connectivity index (χ1v) is 10.9. The van der Waals surface area contributed by atoms with Gasteiger partial charge in [-0.05, 0) is 43.9 Å². The zero-order valence-electron chi connectivity index (χ0n) is 18.5. The third kappa shape index (κ3) is 5.78. The number of nitrogens with zero attached hydrogens (tertiary/aromatic N) is 2. The van der Waals surface area contributed by atoms with Crippen molar-refractivity contribution in [3.63, 3.8) is 0 Å². The molecule has 2 aromatic rings. The van der Waals surface area contributed by atoms with Crippen LogP contribution in [0.2, 0.25) is 0 Å². The summed E-state index contributed by atoms with van der Waals surface area (Å²) in [7, 11) is 0. The monoisotopic (exact) mass is 445 g/mol. The highest BCUT2D eigenvalue weighted by Crippen LogP contribution is 2.31. The molecule has 1 saturated heterocycles. The Morgan fingerprint density at radius 2 is 1.97 bits per heavy atom. The van der Waals surface area contributed by atoms with Gasteiger partial charge in [0.15, 0.2) is 0 Å². The molecule has 2 aliphatic rings. The molecule has 0 spiro atoms. The molecular formula is C25H30F3N3O. The number of aryl methyl sites for hydroxylation is 2. The summed E-state index contributed by atoms with van der Waals surface area (Å²) in [6, 6.07) is 12.0. The largest absolute Gasteiger partial charge is 0.416 e. The molecule has 0 amide bonds. The normalized spacial score (nSPS) is 18.2. The third-order valence-corrected chi connectivity index (χ3v) is 5.44. The van der Waals surface area contributed by atoms with E-state index in [4.69, 9.17) is 10.5 Å². The van der Waals surface area contributed by atoms with Gasteiger partial charge in [0.25, 0.3) is 0 Å². The van der Waals surface area contributed by atoms with Gasteiger partial charge in [-0.15, -0.1) is 0 Å². The minimum absolute atomic E-state index is 0.207. The lowest BCUT2D eigenvalue weighted by Gasteiger charge is -2.38. The zero-order valence-corrected chi connectivity index (χ0v) is 18.5. The van der Waals surface area contributed by atoms with Gasteiger partial charge in [0.2, 0.25) is 0 Å². The van der Waals surface area contributed by atoms with Crippen molar-refractivity contribution in [2.45, 2.75) is 51.4 Å². The van der Waals surface area contributed by atoms with Crippen LogP contribution >= 0.6 is 0 Å². The molecule has 3 heterocycles. The molecule has 1 aromatic heterocycles. The smallest absolute Gasteiger partial charge is 0.377 e. The molecule has 0 unspecified atom stereocenters. The fourth-order valence-corrected chi connectivity index (χ4v) is 3.69. The number of hydrogen-bond donors (Lipinski definition) is 1. The van der Waals surface area contributed by atoms with Crippen molar-refractivity contribution in [2.24, 2.45) is 5.73 Å². The van der Waals surface area contributed by atoms with Crippen LogP contribution in [0.3, 0.4) is 0 Å². The number of fused-ring (bicyclic) bond motifs is 1. The van der Waals surface area contributed by atoms with Crippen molar-refractivity contribution in [3.8, 4) is 0 Å². The van der Waals surface area contributed by atoms with Crippen LogP contribution in [-0.2, 0) is 23.2 Å². The minimum Gasteiger partial charge on any atom is -0.377 e. The molecule has 172 valence electrons. The lowest BCUT2D eigenvalue weighted by molar-refractivity contribution is -0.0883. The minimum atomic E-state index is -4.34. The number of rotatable bonds is 5. The van der Waals surface area contributed by atoms with Crippen LogP contribution < -0.4 is 5.73 Å². The Hall–Kier alpha value is -2.64. The molecule has 32 heavy (non-hydrogen) atoms. The van der Waals surface area contributed by atoms with E-state index in [1.807, 2.05) is 41.1 Å². The summed E-state index contributed by atoms with van der Waals surface area (Å²) >= 11 is 0. The van der Waals surface area contributed by atoms with Crippen LogP contribution in [0.1, 0.15) is 43.6 Å². The molecule has 2 aliphatic heterocycles. The summed E-state index contributed by atoms with van der Waals surface area (Å²) in [4.78, 5) is 0. The Kier molecular flexibility index (Phi) is 7.74. The van der Waals surface area contributed by atoms with E-state index >= 15 is 0 Å². The number of nitrogens with two attached hydrogens (primary N) is 1. The van der Waals surface area contributed by atoms with Crippen LogP contribution in [0.15, 0.2) is 66.3 Å². The Labute approximate surface area is 187 Å². The van der Waals surface area contributed by atoms with E-state index in [-0.39, 0.29) is 5.54 Å². The van der Waals surface area contributed by atoms with Gasteiger partial charge in [-0.3, -0.25) is 4.68 Å². The second kappa shape index (κ2) is 10.3. The lowest BCUT2D eigenvalue weighted by atomic mass is 9.89. The van der Waals surface area contributed by atoms with Gasteiger partial charge in [0.05, 0.1) is 30.0 Å². The first-order valence-electron chi connectivity index (χ1n) is 10.9. The zero-order chi connectivity index (χ0) is 23.2. The molecule has 4 rings (SSSR count). The van der Waals surface area contributed by atoms with Gasteiger partial charge in [-0.1, -0.05) is 55.5 Å². The van der Waals surface area contributed by atoms with Crippen molar-refractivity contribution in [3.05, 3.63) is 83.2 Å². The van der Waals surface area contributed by atoms with E-state index in [9.17, 15) is 13.2 Å². The number of ether oxygens (including phenoxy) is 1. The van der Waals surface area contributed by atoms with Gasteiger partial charge in [0, 0.05) is 17.8 Å². The van der Waals surface area contributed by atoms with Crippen molar-refractivity contribution < 1.29 is 17.9 Å². The molecule has 2 N–H and O–H groups in total. The molecule has 1 fully saturated rings. The Bertz CT molecular complexity index is 962. The van der Waals surface area contributed by atoms with Gasteiger partial charge in [-0.25, -0.2) is 0 Å². The molecule has 7 heteroatoms. The van der Waals surface area contributed by atoms with Gasteiger partial charge in [-0.2, -0.15) is 18.3 Å². The van der Waals surface area contributed by atoms with Crippen LogP contribution in [-0.4, -0.2) is 29.2 Å². The van der Waals surface area contributed by atoms with Gasteiger partial charge < -0.3 is 10.5 Å². The van der Waals surface area contributed by atoms with E-state index < -0.39 is 11.7 Å². The van der Waals surface area contributed by atoms with E-state index in [0.717, 1.165) is 25.1 Å². The number of aromatic nitrogens is 2. The van der Waals surface area contributed by atoms with Gasteiger partial charge >= 0.3 is 6.18 Å². The van der Waals surface area contributed by atoms with E-state index in [2.05, 4.69) is 5.10 Å². The Morgan fingerprint density at radius 1 is 1.25 bits per heavy atom. The van der Waals surface area contributed by atoms with Crippen molar-refractivity contribution >= 4 is 5.57 Å². The molecule has 0 aliphatic carbocycles. The second-order valence-corrected chi connectivity index (χ2v) is 8.03. The fourth-order valence-electron chi connectivity index (χ4n) is 3.69. The SMILES string of the molecule is C\C=C/C(=C\C(=C\CC)C(F)(F)F)c1cc2n(n1)CCC2.NC1(c2ccccc2)COC1. The Morgan fingerprint density at radius 3 is 2.50 bits per heavy atom. The highest BCUT2D eigenvalue weighted by Gasteiger charge is 2.35. The summed E-state index contributed by atoms with van der Waals surface area (Å²) in [6.07, 6.45) is 3.78. The molecule has 0 saturated carbocycles. The third-order valence-electron chi connectivity index (χ3n) is 5.44. The second-order valence-electron chi connectivity index (χ2n) is 8.03. The van der Waals surface area contributed by atoms with Crippen LogP contribution in [0.5, 0.6) is 0 Å².